The molecular formula is C19H38LiO. The molecule has 0 saturated carbocycles. The summed E-state index contributed by atoms with van der Waals surface area (Å²) >= 11 is 0. The fourth-order valence-corrected chi connectivity index (χ4v) is 2.75. The summed E-state index contributed by atoms with van der Waals surface area (Å²) < 4.78 is 0. The van der Waals surface area contributed by atoms with Crippen molar-refractivity contribution in [3.63, 3.8) is 0 Å². The smallest absolute Gasteiger partial charge is 0.129 e. The zero-order valence-corrected chi connectivity index (χ0v) is 15.2. The molecule has 0 atom stereocenters. The van der Waals surface area contributed by atoms with E-state index in [9.17, 15) is 4.79 Å². The van der Waals surface area contributed by atoms with E-state index < -0.39 is 0 Å². The SMILES string of the molecule is CCCCCCCCCCCCCCCCCC(C)=O.[Li]. The molecule has 1 radical (unpaired) electrons. The molecule has 0 saturated heterocycles. The van der Waals surface area contributed by atoms with Crippen molar-refractivity contribution in [2.24, 2.45) is 0 Å². The minimum absolute atomic E-state index is 0. The van der Waals surface area contributed by atoms with Gasteiger partial charge in [-0.25, -0.2) is 0 Å². The van der Waals surface area contributed by atoms with Gasteiger partial charge in [-0.1, -0.05) is 96.8 Å². The molecule has 121 valence electrons. The minimum atomic E-state index is 0. The maximum atomic E-state index is 10.8. The molecule has 0 aliphatic heterocycles. The van der Waals surface area contributed by atoms with Crippen molar-refractivity contribution < 1.29 is 4.79 Å². The van der Waals surface area contributed by atoms with Gasteiger partial charge in [0.2, 0.25) is 0 Å². The van der Waals surface area contributed by atoms with Gasteiger partial charge < -0.3 is 4.79 Å². The third-order valence-electron chi connectivity index (χ3n) is 4.13. The topological polar surface area (TPSA) is 17.1 Å². The van der Waals surface area contributed by atoms with Crippen molar-refractivity contribution in [1.29, 1.82) is 0 Å². The first-order chi connectivity index (χ1) is 9.77. The van der Waals surface area contributed by atoms with Crippen molar-refractivity contribution in [3.8, 4) is 0 Å². The van der Waals surface area contributed by atoms with Gasteiger partial charge in [-0.2, -0.15) is 0 Å². The van der Waals surface area contributed by atoms with Crippen LogP contribution in [0.3, 0.4) is 0 Å². The number of hydrogen-bond donors (Lipinski definition) is 0. The van der Waals surface area contributed by atoms with Crippen molar-refractivity contribution in [2.45, 2.75) is 117 Å². The first kappa shape index (κ1) is 23.5. The van der Waals surface area contributed by atoms with Gasteiger partial charge in [0.1, 0.15) is 5.78 Å². The van der Waals surface area contributed by atoms with Gasteiger partial charge in [0.15, 0.2) is 0 Å². The van der Waals surface area contributed by atoms with Crippen molar-refractivity contribution >= 4 is 24.6 Å². The average molecular weight is 289 g/mol. The molecule has 2 heteroatoms. The summed E-state index contributed by atoms with van der Waals surface area (Å²) in [6, 6.07) is 0. The van der Waals surface area contributed by atoms with Gasteiger partial charge in [0.05, 0.1) is 0 Å². The Morgan fingerprint density at radius 3 is 1.14 bits per heavy atom. The van der Waals surface area contributed by atoms with Gasteiger partial charge in [0.25, 0.3) is 0 Å². The normalized spacial score (nSPS) is 10.4. The zero-order chi connectivity index (χ0) is 14.9. The van der Waals surface area contributed by atoms with Crippen LogP contribution >= 0.6 is 0 Å². The summed E-state index contributed by atoms with van der Waals surface area (Å²) in [6.45, 7) is 3.98. The number of unbranched alkanes of at least 4 members (excludes halogenated alkanes) is 14. The number of carbonyl (C=O) groups is 1. The van der Waals surface area contributed by atoms with Crippen LogP contribution in [0.5, 0.6) is 0 Å². The Labute approximate surface area is 146 Å². The monoisotopic (exact) mass is 289 g/mol. The zero-order valence-electron chi connectivity index (χ0n) is 15.2. The largest absolute Gasteiger partial charge is 0.300 e. The van der Waals surface area contributed by atoms with E-state index in [1.54, 1.807) is 6.92 Å². The summed E-state index contributed by atoms with van der Waals surface area (Å²) in [5, 5.41) is 0. The van der Waals surface area contributed by atoms with E-state index in [0.29, 0.717) is 5.78 Å². The Morgan fingerprint density at radius 1 is 0.571 bits per heavy atom. The van der Waals surface area contributed by atoms with E-state index >= 15 is 0 Å². The quantitative estimate of drug-likeness (QED) is 0.235. The molecule has 0 fully saturated rings. The summed E-state index contributed by atoms with van der Waals surface area (Å²) in [5.41, 5.74) is 0. The van der Waals surface area contributed by atoms with E-state index in [2.05, 4.69) is 6.92 Å². The molecule has 0 heterocycles. The second kappa shape index (κ2) is 20.3. The fourth-order valence-electron chi connectivity index (χ4n) is 2.75. The molecule has 21 heavy (non-hydrogen) atoms. The van der Waals surface area contributed by atoms with Crippen molar-refractivity contribution in [3.05, 3.63) is 0 Å². The van der Waals surface area contributed by atoms with Crippen molar-refractivity contribution in [1.82, 2.24) is 0 Å². The van der Waals surface area contributed by atoms with E-state index in [1.807, 2.05) is 0 Å². The predicted molar refractivity (Wildman–Crippen MR) is 96.0 cm³/mol. The van der Waals surface area contributed by atoms with Crippen LogP contribution in [0.15, 0.2) is 0 Å². The molecule has 0 spiro atoms. The van der Waals surface area contributed by atoms with Gasteiger partial charge >= 0.3 is 0 Å². The van der Waals surface area contributed by atoms with Crippen molar-refractivity contribution in [2.75, 3.05) is 0 Å². The number of carbonyl (C=O) groups excluding carboxylic acids is 1. The van der Waals surface area contributed by atoms with Crippen LogP contribution < -0.4 is 0 Å². The Balaban J connectivity index is 0. The van der Waals surface area contributed by atoms with Gasteiger partial charge in [0, 0.05) is 25.3 Å². The van der Waals surface area contributed by atoms with Crippen LogP contribution in [-0.4, -0.2) is 24.6 Å². The van der Waals surface area contributed by atoms with Crippen LogP contribution in [0.1, 0.15) is 117 Å². The van der Waals surface area contributed by atoms with Crippen LogP contribution in [0.4, 0.5) is 0 Å². The van der Waals surface area contributed by atoms with Crippen LogP contribution in [0, 0.1) is 0 Å². The minimum Gasteiger partial charge on any atom is -0.300 e. The molecule has 0 aliphatic rings. The van der Waals surface area contributed by atoms with E-state index in [0.717, 1.165) is 12.8 Å². The fraction of sp³-hybridized carbons (Fsp3) is 0.947. The summed E-state index contributed by atoms with van der Waals surface area (Å²) in [7, 11) is 0. The Hall–Kier alpha value is 0.267. The van der Waals surface area contributed by atoms with Gasteiger partial charge in [-0.3, -0.25) is 0 Å². The molecule has 0 unspecified atom stereocenters. The molecule has 1 nitrogen and oxygen atoms in total. The van der Waals surface area contributed by atoms with Crippen LogP contribution in [-0.2, 0) is 4.79 Å². The number of ketones is 1. The Bertz CT molecular complexity index is 204. The third-order valence-corrected chi connectivity index (χ3v) is 4.13. The molecule has 0 rings (SSSR count). The summed E-state index contributed by atoms with van der Waals surface area (Å²) in [5.74, 6) is 0.347. The van der Waals surface area contributed by atoms with E-state index in [1.165, 1.54) is 89.9 Å². The first-order valence-electron chi connectivity index (χ1n) is 9.26. The molecule has 0 aromatic rings. The number of rotatable bonds is 16. The Morgan fingerprint density at radius 2 is 0.857 bits per heavy atom. The molecule has 0 aliphatic carbocycles. The first-order valence-corrected chi connectivity index (χ1v) is 9.26. The second-order valence-electron chi connectivity index (χ2n) is 6.40. The maximum Gasteiger partial charge on any atom is 0.129 e. The molecule has 0 aromatic heterocycles. The molecular weight excluding hydrogens is 251 g/mol. The third kappa shape index (κ3) is 22.7. The van der Waals surface area contributed by atoms with Crippen LogP contribution in [0.25, 0.3) is 0 Å². The van der Waals surface area contributed by atoms with E-state index in [4.69, 9.17) is 0 Å². The molecule has 0 amide bonds. The van der Waals surface area contributed by atoms with Crippen LogP contribution in [0.2, 0.25) is 0 Å². The predicted octanol–water partition coefficient (Wildman–Crippen LogP) is 6.46. The second-order valence-corrected chi connectivity index (χ2v) is 6.40. The molecule has 0 bridgehead atoms. The van der Waals surface area contributed by atoms with Gasteiger partial charge in [-0.15, -0.1) is 0 Å². The summed E-state index contributed by atoms with van der Waals surface area (Å²) in [6.07, 6.45) is 21.6. The number of hydrogen-bond acceptors (Lipinski definition) is 1. The summed E-state index contributed by atoms with van der Waals surface area (Å²) in [4.78, 5) is 10.8. The molecule has 0 N–H and O–H groups in total. The maximum absolute atomic E-state index is 10.8. The van der Waals surface area contributed by atoms with E-state index in [-0.39, 0.29) is 18.9 Å². The Kier molecular flexibility index (Phi) is 22.7. The number of Topliss-reactive ketones (excluding diaryl/α,β-unsaturated/α-hetero) is 1. The van der Waals surface area contributed by atoms with Gasteiger partial charge in [-0.05, 0) is 13.3 Å². The average Bonchev–Trinajstić information content (AvgIpc) is 2.43. The standard InChI is InChI=1S/C19H38O.Li/c1-3-4-5-6-7-8-9-10-11-12-13-14-15-16-17-18-19(2)20;/h3-18H2,1-2H3;. The molecule has 0 aromatic carbocycles.